The Morgan fingerprint density at radius 2 is 1.72 bits per heavy atom. The predicted octanol–water partition coefficient (Wildman–Crippen LogP) is 3.38. The molecular weight excluding hydrogens is 370 g/mol. The first-order chi connectivity index (χ1) is 14.1. The molecule has 0 unspecified atom stereocenters. The Labute approximate surface area is 167 Å². The summed E-state index contributed by atoms with van der Waals surface area (Å²) in [6.07, 6.45) is 3.04. The zero-order valence-corrected chi connectivity index (χ0v) is 15.8. The van der Waals surface area contributed by atoms with E-state index in [1.807, 2.05) is 36.4 Å². The van der Waals surface area contributed by atoms with Crippen LogP contribution in [0.4, 0.5) is 0 Å². The number of hydrogen-bond acceptors (Lipinski definition) is 6. The summed E-state index contributed by atoms with van der Waals surface area (Å²) < 4.78 is 15.6. The van der Waals surface area contributed by atoms with Crippen LogP contribution in [0.15, 0.2) is 72.8 Å². The van der Waals surface area contributed by atoms with Crippen LogP contribution in [0.1, 0.15) is 11.3 Å². The molecule has 1 aromatic heterocycles. The van der Waals surface area contributed by atoms with Gasteiger partial charge in [0.2, 0.25) is 5.60 Å². The van der Waals surface area contributed by atoms with Gasteiger partial charge in [0.05, 0.1) is 24.7 Å². The normalized spacial score (nSPS) is 13.7. The minimum atomic E-state index is -1.32. The van der Waals surface area contributed by atoms with Crippen LogP contribution in [0.25, 0.3) is 10.9 Å². The first kappa shape index (κ1) is 18.7. The minimum Gasteiger partial charge on any atom is -0.487 e. The van der Waals surface area contributed by atoms with Crippen molar-refractivity contribution < 1.29 is 23.8 Å². The molecule has 0 radical (unpaired) electrons. The van der Waals surface area contributed by atoms with Gasteiger partial charge in [-0.2, -0.15) is 0 Å². The van der Waals surface area contributed by atoms with Crippen LogP contribution in [0.5, 0.6) is 5.75 Å². The minimum absolute atomic E-state index is 0.0485. The summed E-state index contributed by atoms with van der Waals surface area (Å²) in [7, 11) is 1.25. The third kappa shape index (κ3) is 4.27. The molecule has 1 aliphatic rings. The fourth-order valence-corrected chi connectivity index (χ4v) is 2.92. The topological polar surface area (TPSA) is 74.7 Å². The van der Waals surface area contributed by atoms with E-state index in [-0.39, 0.29) is 6.42 Å². The number of para-hydroxylation sites is 1. The number of ether oxygens (including phenoxy) is 3. The van der Waals surface area contributed by atoms with Crippen LogP contribution in [0, 0.1) is 0 Å². The maximum absolute atomic E-state index is 12.1. The molecule has 0 saturated carbocycles. The van der Waals surface area contributed by atoms with Gasteiger partial charge in [0, 0.05) is 5.39 Å². The Hall–Kier alpha value is -3.67. The molecule has 0 aliphatic heterocycles. The second-order valence-electron chi connectivity index (χ2n) is 6.70. The van der Waals surface area contributed by atoms with Gasteiger partial charge in [-0.15, -0.1) is 0 Å². The van der Waals surface area contributed by atoms with Crippen molar-refractivity contribution in [2.24, 2.45) is 0 Å². The highest BCUT2D eigenvalue weighted by atomic mass is 16.6. The lowest BCUT2D eigenvalue weighted by atomic mass is 10.1. The van der Waals surface area contributed by atoms with Gasteiger partial charge >= 0.3 is 11.9 Å². The lowest BCUT2D eigenvalue weighted by Crippen LogP contribution is -2.32. The van der Waals surface area contributed by atoms with Gasteiger partial charge in [-0.25, -0.2) is 9.78 Å². The number of nitrogens with zero attached hydrogens (tertiary/aromatic N) is 1. The molecule has 0 spiro atoms. The van der Waals surface area contributed by atoms with Gasteiger partial charge in [0.1, 0.15) is 12.4 Å². The number of methoxy groups -OCH3 is 1. The maximum atomic E-state index is 12.1. The molecule has 146 valence electrons. The lowest BCUT2D eigenvalue weighted by molar-refractivity contribution is -0.166. The fraction of sp³-hybridized carbons (Fsp3) is 0.174. The van der Waals surface area contributed by atoms with Crippen LogP contribution in [0.2, 0.25) is 0 Å². The SMILES string of the molecule is COC(=O)C1(OC(=O)Cc2ccc(OCc3ccc4ccccc4n3)cc2)C=C1. The van der Waals surface area contributed by atoms with Crippen LogP contribution >= 0.6 is 0 Å². The highest BCUT2D eigenvalue weighted by Gasteiger charge is 2.47. The number of hydrogen-bond donors (Lipinski definition) is 0. The Morgan fingerprint density at radius 3 is 2.45 bits per heavy atom. The van der Waals surface area contributed by atoms with E-state index in [1.54, 1.807) is 24.3 Å². The third-order valence-electron chi connectivity index (χ3n) is 4.57. The van der Waals surface area contributed by atoms with Crippen molar-refractivity contribution in [2.45, 2.75) is 18.6 Å². The maximum Gasteiger partial charge on any atom is 0.358 e. The number of carbonyl (C=O) groups excluding carboxylic acids is 2. The van der Waals surface area contributed by atoms with Crippen molar-refractivity contribution in [1.82, 2.24) is 4.98 Å². The van der Waals surface area contributed by atoms with Crippen molar-refractivity contribution >= 4 is 22.8 Å². The number of esters is 2. The highest BCUT2D eigenvalue weighted by molar-refractivity contribution is 5.92. The fourth-order valence-electron chi connectivity index (χ4n) is 2.92. The molecule has 0 bridgehead atoms. The summed E-state index contributed by atoms with van der Waals surface area (Å²) in [5.41, 5.74) is 1.20. The molecule has 4 rings (SSSR count). The van der Waals surface area contributed by atoms with E-state index in [0.717, 1.165) is 22.2 Å². The smallest absolute Gasteiger partial charge is 0.358 e. The van der Waals surface area contributed by atoms with Crippen LogP contribution in [-0.4, -0.2) is 29.6 Å². The second kappa shape index (κ2) is 7.75. The Morgan fingerprint density at radius 1 is 0.966 bits per heavy atom. The van der Waals surface area contributed by atoms with E-state index < -0.39 is 17.5 Å². The van der Waals surface area contributed by atoms with Gasteiger partial charge in [-0.3, -0.25) is 4.79 Å². The molecule has 0 N–H and O–H groups in total. The molecular formula is C23H19NO5. The van der Waals surface area contributed by atoms with Crippen molar-refractivity contribution in [3.63, 3.8) is 0 Å². The molecule has 0 saturated heterocycles. The average molecular weight is 389 g/mol. The van der Waals surface area contributed by atoms with Gasteiger partial charge in [0.15, 0.2) is 0 Å². The molecule has 0 fully saturated rings. The van der Waals surface area contributed by atoms with Gasteiger partial charge < -0.3 is 14.2 Å². The standard InChI is InChI=1S/C23H19NO5/c1-27-22(26)23(12-13-23)29-21(25)14-16-6-10-19(11-7-16)28-15-18-9-8-17-4-2-3-5-20(17)24-18/h2-13H,14-15H2,1H3. The number of aromatic nitrogens is 1. The summed E-state index contributed by atoms with van der Waals surface area (Å²) >= 11 is 0. The summed E-state index contributed by atoms with van der Waals surface area (Å²) in [6.45, 7) is 0.347. The summed E-state index contributed by atoms with van der Waals surface area (Å²) in [5.74, 6) is -0.432. The van der Waals surface area contributed by atoms with Gasteiger partial charge in [-0.05, 0) is 42.0 Å². The van der Waals surface area contributed by atoms with Crippen LogP contribution in [-0.2, 0) is 32.1 Å². The average Bonchev–Trinajstić information content (AvgIpc) is 3.53. The molecule has 29 heavy (non-hydrogen) atoms. The van der Waals surface area contributed by atoms with E-state index in [0.29, 0.717) is 12.4 Å². The zero-order valence-electron chi connectivity index (χ0n) is 15.8. The predicted molar refractivity (Wildman–Crippen MR) is 106 cm³/mol. The Kier molecular flexibility index (Phi) is 4.99. The molecule has 1 heterocycles. The number of rotatable bonds is 7. The van der Waals surface area contributed by atoms with E-state index in [9.17, 15) is 9.59 Å². The Balaban J connectivity index is 1.31. The Bertz CT molecular complexity index is 1080. The van der Waals surface area contributed by atoms with E-state index in [2.05, 4.69) is 9.72 Å². The molecule has 2 aromatic carbocycles. The van der Waals surface area contributed by atoms with Crippen molar-refractivity contribution in [2.75, 3.05) is 7.11 Å². The van der Waals surface area contributed by atoms with Gasteiger partial charge in [-0.1, -0.05) is 36.4 Å². The second-order valence-corrected chi connectivity index (χ2v) is 6.70. The van der Waals surface area contributed by atoms with E-state index >= 15 is 0 Å². The third-order valence-corrected chi connectivity index (χ3v) is 4.57. The summed E-state index contributed by atoms with van der Waals surface area (Å²) in [6, 6.07) is 19.0. The van der Waals surface area contributed by atoms with Gasteiger partial charge in [0.25, 0.3) is 0 Å². The molecule has 1 aliphatic carbocycles. The molecule has 3 aromatic rings. The number of pyridine rings is 1. The van der Waals surface area contributed by atoms with Crippen LogP contribution < -0.4 is 4.74 Å². The monoisotopic (exact) mass is 389 g/mol. The summed E-state index contributed by atoms with van der Waals surface area (Å²) in [5, 5.41) is 1.09. The van der Waals surface area contributed by atoms with E-state index in [1.165, 1.54) is 19.3 Å². The van der Waals surface area contributed by atoms with Crippen molar-refractivity contribution in [1.29, 1.82) is 0 Å². The van der Waals surface area contributed by atoms with Crippen molar-refractivity contribution in [3.05, 3.63) is 84.1 Å². The quantitative estimate of drug-likeness (QED) is 0.456. The van der Waals surface area contributed by atoms with Crippen LogP contribution in [0.3, 0.4) is 0 Å². The highest BCUT2D eigenvalue weighted by Crippen LogP contribution is 2.30. The van der Waals surface area contributed by atoms with E-state index in [4.69, 9.17) is 9.47 Å². The summed E-state index contributed by atoms with van der Waals surface area (Å²) in [4.78, 5) is 28.3. The number of benzene rings is 2. The zero-order chi connectivity index (χ0) is 20.3. The molecule has 6 nitrogen and oxygen atoms in total. The molecule has 6 heteroatoms. The first-order valence-corrected chi connectivity index (χ1v) is 9.15. The molecule has 0 atom stereocenters. The first-order valence-electron chi connectivity index (χ1n) is 9.15. The number of carbonyl (C=O) groups is 2. The molecule has 0 amide bonds. The largest absolute Gasteiger partial charge is 0.487 e. The lowest BCUT2D eigenvalue weighted by Gasteiger charge is -2.14. The van der Waals surface area contributed by atoms with Crippen molar-refractivity contribution in [3.8, 4) is 5.75 Å². The number of fused-ring (bicyclic) bond motifs is 1.